The SMILES string of the molecule is CC(C)(C)OC(=O)c1cccc(-c2cccc(CN)n2)n1. The van der Waals surface area contributed by atoms with Gasteiger partial charge in [-0.05, 0) is 45.0 Å². The molecule has 2 aromatic heterocycles. The molecule has 0 spiro atoms. The number of aromatic nitrogens is 2. The van der Waals surface area contributed by atoms with E-state index in [1.807, 2.05) is 39.0 Å². The number of carbonyl (C=O) groups is 1. The molecule has 0 saturated heterocycles. The van der Waals surface area contributed by atoms with E-state index in [0.717, 1.165) is 5.69 Å². The van der Waals surface area contributed by atoms with Crippen LogP contribution in [0.4, 0.5) is 0 Å². The largest absolute Gasteiger partial charge is 0.455 e. The molecule has 5 heteroatoms. The highest BCUT2D eigenvalue weighted by Gasteiger charge is 2.19. The molecule has 21 heavy (non-hydrogen) atoms. The minimum atomic E-state index is -0.549. The van der Waals surface area contributed by atoms with Gasteiger partial charge in [0.05, 0.1) is 17.1 Å². The molecule has 5 nitrogen and oxygen atoms in total. The third-order valence-corrected chi connectivity index (χ3v) is 2.64. The first-order chi connectivity index (χ1) is 9.89. The van der Waals surface area contributed by atoms with Gasteiger partial charge in [-0.2, -0.15) is 0 Å². The number of ether oxygens (including phenoxy) is 1. The van der Waals surface area contributed by atoms with Crippen molar-refractivity contribution in [1.29, 1.82) is 0 Å². The van der Waals surface area contributed by atoms with Gasteiger partial charge >= 0.3 is 5.97 Å². The van der Waals surface area contributed by atoms with Crippen molar-refractivity contribution in [2.24, 2.45) is 5.73 Å². The molecule has 0 aromatic carbocycles. The average molecular weight is 285 g/mol. The van der Waals surface area contributed by atoms with E-state index in [4.69, 9.17) is 10.5 Å². The van der Waals surface area contributed by atoms with Crippen molar-refractivity contribution in [2.75, 3.05) is 0 Å². The summed E-state index contributed by atoms with van der Waals surface area (Å²) >= 11 is 0. The fraction of sp³-hybridized carbons (Fsp3) is 0.312. The number of nitrogens with zero attached hydrogens (tertiary/aromatic N) is 2. The lowest BCUT2D eigenvalue weighted by Gasteiger charge is -2.19. The minimum absolute atomic E-state index is 0.266. The molecule has 0 amide bonds. The van der Waals surface area contributed by atoms with Crippen LogP contribution in [0, 0.1) is 0 Å². The number of carbonyl (C=O) groups excluding carboxylic acids is 1. The summed E-state index contributed by atoms with van der Waals surface area (Å²) in [5, 5.41) is 0. The number of pyridine rings is 2. The zero-order valence-electron chi connectivity index (χ0n) is 12.5. The second kappa shape index (κ2) is 6.01. The van der Waals surface area contributed by atoms with Gasteiger partial charge in [-0.15, -0.1) is 0 Å². The Balaban J connectivity index is 2.31. The molecule has 2 rings (SSSR count). The Morgan fingerprint density at radius 1 is 1.10 bits per heavy atom. The van der Waals surface area contributed by atoms with Gasteiger partial charge in [0.15, 0.2) is 0 Å². The number of esters is 1. The summed E-state index contributed by atoms with van der Waals surface area (Å²) in [7, 11) is 0. The Morgan fingerprint density at radius 2 is 1.71 bits per heavy atom. The molecule has 0 aliphatic carbocycles. The van der Waals surface area contributed by atoms with Gasteiger partial charge < -0.3 is 10.5 Å². The minimum Gasteiger partial charge on any atom is -0.455 e. The molecule has 0 saturated carbocycles. The summed E-state index contributed by atoms with van der Waals surface area (Å²) in [5.41, 5.74) is 7.38. The van der Waals surface area contributed by atoms with Crippen molar-refractivity contribution in [2.45, 2.75) is 32.9 Å². The quantitative estimate of drug-likeness (QED) is 0.877. The Labute approximate surface area is 124 Å². The predicted molar refractivity (Wildman–Crippen MR) is 80.5 cm³/mol. The van der Waals surface area contributed by atoms with Crippen LogP contribution in [0.2, 0.25) is 0 Å². The molecule has 2 heterocycles. The maximum Gasteiger partial charge on any atom is 0.357 e. The third kappa shape index (κ3) is 4.10. The molecule has 2 aromatic rings. The second-order valence-electron chi connectivity index (χ2n) is 5.63. The lowest BCUT2D eigenvalue weighted by molar-refractivity contribution is 0.00630. The first kappa shape index (κ1) is 15.1. The summed E-state index contributed by atoms with van der Waals surface area (Å²) in [6, 6.07) is 10.7. The molecule has 0 fully saturated rings. The van der Waals surface area contributed by atoms with Crippen molar-refractivity contribution in [3.63, 3.8) is 0 Å². The van der Waals surface area contributed by atoms with E-state index in [1.54, 1.807) is 18.2 Å². The lowest BCUT2D eigenvalue weighted by Crippen LogP contribution is -2.24. The maximum atomic E-state index is 12.0. The van der Waals surface area contributed by atoms with Gasteiger partial charge in [0.1, 0.15) is 11.3 Å². The van der Waals surface area contributed by atoms with Crippen LogP contribution in [0.15, 0.2) is 36.4 Å². The highest BCUT2D eigenvalue weighted by Crippen LogP contribution is 2.17. The number of nitrogens with two attached hydrogens (primary N) is 1. The van der Waals surface area contributed by atoms with E-state index in [-0.39, 0.29) is 5.69 Å². The second-order valence-corrected chi connectivity index (χ2v) is 5.63. The van der Waals surface area contributed by atoms with Gasteiger partial charge in [0, 0.05) is 6.54 Å². The van der Waals surface area contributed by atoms with E-state index in [2.05, 4.69) is 9.97 Å². The van der Waals surface area contributed by atoms with E-state index in [9.17, 15) is 4.79 Å². The van der Waals surface area contributed by atoms with Crippen molar-refractivity contribution in [1.82, 2.24) is 9.97 Å². The van der Waals surface area contributed by atoms with Gasteiger partial charge in [-0.1, -0.05) is 12.1 Å². The highest BCUT2D eigenvalue weighted by atomic mass is 16.6. The van der Waals surface area contributed by atoms with E-state index < -0.39 is 11.6 Å². The Kier molecular flexibility index (Phi) is 4.33. The monoisotopic (exact) mass is 285 g/mol. The molecule has 0 aliphatic rings. The summed E-state index contributed by atoms with van der Waals surface area (Å²) in [4.78, 5) is 20.8. The lowest BCUT2D eigenvalue weighted by atomic mass is 10.2. The molecule has 110 valence electrons. The zero-order chi connectivity index (χ0) is 15.5. The van der Waals surface area contributed by atoms with Gasteiger partial charge in [-0.3, -0.25) is 0 Å². The van der Waals surface area contributed by atoms with Crippen LogP contribution in [0.1, 0.15) is 37.0 Å². The molecule has 0 radical (unpaired) electrons. The van der Waals surface area contributed by atoms with Crippen LogP contribution in [0.25, 0.3) is 11.4 Å². The smallest absolute Gasteiger partial charge is 0.357 e. The Morgan fingerprint density at radius 3 is 2.33 bits per heavy atom. The van der Waals surface area contributed by atoms with E-state index >= 15 is 0 Å². The van der Waals surface area contributed by atoms with Crippen molar-refractivity contribution in [3.05, 3.63) is 47.8 Å². The average Bonchev–Trinajstić information content (AvgIpc) is 2.46. The molecule has 2 N–H and O–H groups in total. The fourth-order valence-corrected chi connectivity index (χ4v) is 1.76. The van der Waals surface area contributed by atoms with Crippen LogP contribution in [-0.2, 0) is 11.3 Å². The maximum absolute atomic E-state index is 12.0. The van der Waals surface area contributed by atoms with Gasteiger partial charge in [-0.25, -0.2) is 14.8 Å². The predicted octanol–water partition coefficient (Wildman–Crippen LogP) is 2.56. The normalized spacial score (nSPS) is 11.2. The fourth-order valence-electron chi connectivity index (χ4n) is 1.76. The molecular weight excluding hydrogens is 266 g/mol. The van der Waals surface area contributed by atoms with Crippen LogP contribution >= 0.6 is 0 Å². The molecule has 0 bridgehead atoms. The number of hydrogen-bond acceptors (Lipinski definition) is 5. The van der Waals surface area contributed by atoms with Crippen molar-refractivity contribution >= 4 is 5.97 Å². The van der Waals surface area contributed by atoms with E-state index in [0.29, 0.717) is 17.9 Å². The summed E-state index contributed by atoms with van der Waals surface area (Å²) in [5.74, 6) is -0.445. The number of hydrogen-bond donors (Lipinski definition) is 1. The van der Waals surface area contributed by atoms with Crippen molar-refractivity contribution < 1.29 is 9.53 Å². The molecule has 0 unspecified atom stereocenters. The zero-order valence-corrected chi connectivity index (χ0v) is 12.5. The number of rotatable bonds is 3. The third-order valence-electron chi connectivity index (χ3n) is 2.64. The molecule has 0 atom stereocenters. The van der Waals surface area contributed by atoms with Crippen LogP contribution in [-0.4, -0.2) is 21.5 Å². The summed E-state index contributed by atoms with van der Waals surface area (Å²) < 4.78 is 5.32. The Hall–Kier alpha value is -2.27. The first-order valence-corrected chi connectivity index (χ1v) is 6.76. The van der Waals surface area contributed by atoms with Crippen LogP contribution in [0.3, 0.4) is 0 Å². The highest BCUT2D eigenvalue weighted by molar-refractivity contribution is 5.88. The topological polar surface area (TPSA) is 78.1 Å². The molecular formula is C16H19N3O2. The van der Waals surface area contributed by atoms with Gasteiger partial charge in [0.2, 0.25) is 0 Å². The summed E-state index contributed by atoms with van der Waals surface area (Å²) in [6.07, 6.45) is 0. The van der Waals surface area contributed by atoms with E-state index in [1.165, 1.54) is 0 Å². The standard InChI is InChI=1S/C16H19N3O2/c1-16(2,3)21-15(20)14-9-5-8-13(19-14)12-7-4-6-11(10-17)18-12/h4-9H,10,17H2,1-3H3. The van der Waals surface area contributed by atoms with Gasteiger partial charge in [0.25, 0.3) is 0 Å². The molecule has 0 aliphatic heterocycles. The Bertz CT molecular complexity index is 648. The van der Waals surface area contributed by atoms with Crippen LogP contribution < -0.4 is 5.73 Å². The summed E-state index contributed by atoms with van der Waals surface area (Å²) in [6.45, 7) is 5.82. The van der Waals surface area contributed by atoms with Crippen LogP contribution in [0.5, 0.6) is 0 Å². The first-order valence-electron chi connectivity index (χ1n) is 6.76. The van der Waals surface area contributed by atoms with Crippen molar-refractivity contribution in [3.8, 4) is 11.4 Å².